The predicted molar refractivity (Wildman–Crippen MR) is 102 cm³/mol. The van der Waals surface area contributed by atoms with Crippen molar-refractivity contribution in [2.24, 2.45) is 5.92 Å². The van der Waals surface area contributed by atoms with Gasteiger partial charge in [0.15, 0.2) is 0 Å². The van der Waals surface area contributed by atoms with E-state index in [1.165, 1.54) is 17.0 Å². The Kier molecular flexibility index (Phi) is 6.78. The maximum Gasteiger partial charge on any atom is 0.573 e. The van der Waals surface area contributed by atoms with E-state index in [9.17, 15) is 22.8 Å². The van der Waals surface area contributed by atoms with Crippen LogP contribution >= 0.6 is 11.6 Å². The molecule has 0 radical (unpaired) electrons. The number of aromatic nitrogens is 2. The van der Waals surface area contributed by atoms with Gasteiger partial charge in [-0.25, -0.2) is 4.98 Å². The Bertz CT molecular complexity index is 945. The first-order valence-electron chi connectivity index (χ1n) is 8.52. The summed E-state index contributed by atoms with van der Waals surface area (Å²) in [4.78, 5) is 32.6. The smallest absolute Gasteiger partial charge is 0.404 e. The van der Waals surface area contributed by atoms with Gasteiger partial charge in [0.25, 0.3) is 11.5 Å². The van der Waals surface area contributed by atoms with Crippen molar-refractivity contribution in [2.45, 2.75) is 26.3 Å². The second kappa shape index (κ2) is 8.73. The van der Waals surface area contributed by atoms with Crippen LogP contribution in [0.2, 0.25) is 5.02 Å². The highest BCUT2D eigenvalue weighted by molar-refractivity contribution is 6.32. The molecule has 0 aliphatic heterocycles. The Balaban J connectivity index is 2.30. The van der Waals surface area contributed by atoms with Gasteiger partial charge in [-0.15, -0.1) is 13.2 Å². The molecule has 1 aromatic carbocycles. The van der Waals surface area contributed by atoms with Gasteiger partial charge in [0, 0.05) is 20.2 Å². The quantitative estimate of drug-likeness (QED) is 0.729. The highest BCUT2D eigenvalue weighted by atomic mass is 35.5. The zero-order chi connectivity index (χ0) is 21.9. The Morgan fingerprint density at radius 1 is 1.28 bits per heavy atom. The summed E-state index contributed by atoms with van der Waals surface area (Å²) in [5.74, 6) is -1.08. The largest absolute Gasteiger partial charge is 0.573 e. The summed E-state index contributed by atoms with van der Waals surface area (Å²) in [5.41, 5.74) is -0.108. The molecule has 0 aliphatic carbocycles. The molecule has 158 valence electrons. The summed E-state index contributed by atoms with van der Waals surface area (Å²) in [6.45, 7) is 3.63. The molecule has 0 aliphatic rings. The Morgan fingerprint density at radius 2 is 1.93 bits per heavy atom. The second-order valence-corrected chi connectivity index (χ2v) is 7.19. The van der Waals surface area contributed by atoms with E-state index < -0.39 is 29.6 Å². The van der Waals surface area contributed by atoms with Crippen molar-refractivity contribution in [3.63, 3.8) is 0 Å². The molecule has 1 heterocycles. The zero-order valence-electron chi connectivity index (χ0n) is 16.1. The lowest BCUT2D eigenvalue weighted by molar-refractivity contribution is -0.274. The standard InChI is InChI=1S/C18H20ClF3N4O3/c1-9(2)15(10-5-6-13(11(19)7-10)29-18(20,21)22)25-16(28)12-8-14(27)24-17(23-12)26(3)4/h5-9,15H,1-4H3,(H,25,28)(H,23,24,27). The summed E-state index contributed by atoms with van der Waals surface area (Å²) < 4.78 is 41.1. The third-order valence-corrected chi connectivity index (χ3v) is 4.17. The topological polar surface area (TPSA) is 87.3 Å². The number of carbonyl (C=O) groups excluding carboxylic acids is 1. The fourth-order valence-corrected chi connectivity index (χ4v) is 2.77. The predicted octanol–water partition coefficient (Wildman–Crippen LogP) is 3.52. The van der Waals surface area contributed by atoms with Crippen LogP contribution in [0.3, 0.4) is 0 Å². The van der Waals surface area contributed by atoms with Gasteiger partial charge < -0.3 is 15.0 Å². The molecule has 1 unspecified atom stereocenters. The summed E-state index contributed by atoms with van der Waals surface area (Å²) >= 11 is 5.91. The molecule has 2 aromatic rings. The maximum atomic E-state index is 12.6. The number of benzene rings is 1. The van der Waals surface area contributed by atoms with Crippen LogP contribution in [0.4, 0.5) is 19.1 Å². The van der Waals surface area contributed by atoms with Crippen LogP contribution in [0.1, 0.15) is 35.9 Å². The van der Waals surface area contributed by atoms with Gasteiger partial charge in [0.1, 0.15) is 11.4 Å². The van der Waals surface area contributed by atoms with Crippen LogP contribution < -0.4 is 20.5 Å². The van der Waals surface area contributed by atoms with Crippen molar-refractivity contribution >= 4 is 23.5 Å². The second-order valence-electron chi connectivity index (χ2n) is 6.78. The monoisotopic (exact) mass is 432 g/mol. The maximum absolute atomic E-state index is 12.6. The normalized spacial score (nSPS) is 12.6. The first-order chi connectivity index (χ1) is 13.4. The number of carbonyl (C=O) groups is 1. The highest BCUT2D eigenvalue weighted by Crippen LogP contribution is 2.33. The number of H-pyrrole nitrogens is 1. The molecule has 11 heteroatoms. The van der Waals surface area contributed by atoms with Gasteiger partial charge in [-0.1, -0.05) is 31.5 Å². The number of halogens is 4. The average molecular weight is 433 g/mol. The van der Waals surface area contributed by atoms with Crippen molar-refractivity contribution in [2.75, 3.05) is 19.0 Å². The molecule has 29 heavy (non-hydrogen) atoms. The lowest BCUT2D eigenvalue weighted by Crippen LogP contribution is -2.33. The molecular weight excluding hydrogens is 413 g/mol. The lowest BCUT2D eigenvalue weighted by atomic mass is 9.95. The van der Waals surface area contributed by atoms with E-state index >= 15 is 0 Å². The minimum absolute atomic E-state index is 0.0915. The minimum Gasteiger partial charge on any atom is -0.404 e. The summed E-state index contributed by atoms with van der Waals surface area (Å²) in [6, 6.07) is 4.23. The van der Waals surface area contributed by atoms with Gasteiger partial charge in [-0.2, -0.15) is 0 Å². The van der Waals surface area contributed by atoms with Crippen molar-refractivity contribution in [3.8, 4) is 5.75 Å². The van der Waals surface area contributed by atoms with Crippen molar-refractivity contribution in [1.29, 1.82) is 0 Å². The number of nitrogens with zero attached hydrogens (tertiary/aromatic N) is 2. The van der Waals surface area contributed by atoms with Crippen LogP contribution in [-0.4, -0.2) is 36.3 Å². The number of hydrogen-bond donors (Lipinski definition) is 2. The van der Waals surface area contributed by atoms with E-state index in [0.29, 0.717) is 5.56 Å². The van der Waals surface area contributed by atoms with Crippen LogP contribution in [-0.2, 0) is 0 Å². The van der Waals surface area contributed by atoms with Crippen LogP contribution in [0.5, 0.6) is 5.75 Å². The van der Waals surface area contributed by atoms with E-state index in [1.54, 1.807) is 14.1 Å². The summed E-state index contributed by atoms with van der Waals surface area (Å²) in [6.07, 6.45) is -4.87. The van der Waals surface area contributed by atoms with Crippen molar-refractivity contribution in [1.82, 2.24) is 15.3 Å². The molecule has 0 bridgehead atoms. The summed E-state index contributed by atoms with van der Waals surface area (Å²) in [7, 11) is 3.31. The van der Waals surface area contributed by atoms with Crippen molar-refractivity contribution < 1.29 is 22.7 Å². The van der Waals surface area contributed by atoms with E-state index in [0.717, 1.165) is 12.1 Å². The molecule has 0 fully saturated rings. The van der Waals surface area contributed by atoms with E-state index in [2.05, 4.69) is 20.0 Å². The first kappa shape index (κ1) is 22.5. The molecule has 1 aromatic heterocycles. The van der Waals surface area contributed by atoms with Gasteiger partial charge in [-0.3, -0.25) is 14.6 Å². The Hall–Kier alpha value is -2.75. The number of ether oxygens (including phenoxy) is 1. The van der Waals surface area contributed by atoms with E-state index in [-0.39, 0.29) is 22.6 Å². The molecule has 7 nitrogen and oxygen atoms in total. The molecule has 2 N–H and O–H groups in total. The molecule has 0 spiro atoms. The molecule has 0 saturated carbocycles. The van der Waals surface area contributed by atoms with Crippen LogP contribution in [0.25, 0.3) is 0 Å². The van der Waals surface area contributed by atoms with Gasteiger partial charge in [0.2, 0.25) is 5.95 Å². The van der Waals surface area contributed by atoms with Crippen LogP contribution in [0, 0.1) is 5.92 Å². The SMILES string of the molecule is CC(C)C(NC(=O)c1cc(=O)[nH]c(N(C)C)n1)c1ccc(OC(F)(F)F)c(Cl)c1. The number of hydrogen-bond acceptors (Lipinski definition) is 5. The third-order valence-electron chi connectivity index (χ3n) is 3.88. The minimum atomic E-state index is -4.87. The molecule has 2 rings (SSSR count). The fourth-order valence-electron chi connectivity index (χ4n) is 2.54. The number of anilines is 1. The summed E-state index contributed by atoms with van der Waals surface area (Å²) in [5, 5.41) is 2.50. The molecule has 1 amide bonds. The third kappa shape index (κ3) is 6.11. The number of aromatic amines is 1. The molecular formula is C18H20ClF3N4O3. The molecule has 0 saturated heterocycles. The van der Waals surface area contributed by atoms with Crippen molar-refractivity contribution in [3.05, 3.63) is 50.9 Å². The average Bonchev–Trinajstić information content (AvgIpc) is 2.59. The number of nitrogens with one attached hydrogen (secondary N) is 2. The van der Waals surface area contributed by atoms with E-state index in [4.69, 9.17) is 11.6 Å². The van der Waals surface area contributed by atoms with Gasteiger partial charge in [-0.05, 0) is 23.6 Å². The zero-order valence-corrected chi connectivity index (χ0v) is 16.9. The Labute approximate surface area is 169 Å². The number of rotatable bonds is 6. The first-order valence-corrected chi connectivity index (χ1v) is 8.90. The lowest BCUT2D eigenvalue weighted by Gasteiger charge is -2.24. The van der Waals surface area contributed by atoms with Crippen LogP contribution in [0.15, 0.2) is 29.1 Å². The molecule has 1 atom stereocenters. The van der Waals surface area contributed by atoms with Gasteiger partial charge >= 0.3 is 6.36 Å². The fraction of sp³-hybridized carbons (Fsp3) is 0.389. The highest BCUT2D eigenvalue weighted by Gasteiger charge is 2.32. The number of alkyl halides is 3. The Morgan fingerprint density at radius 3 is 2.45 bits per heavy atom. The van der Waals surface area contributed by atoms with E-state index in [1.807, 2.05) is 13.8 Å². The number of amides is 1. The van der Waals surface area contributed by atoms with Gasteiger partial charge in [0.05, 0.1) is 11.1 Å².